The molecule has 11 atom stereocenters. The van der Waals surface area contributed by atoms with Crippen molar-refractivity contribution in [2.45, 2.75) is 244 Å². The van der Waals surface area contributed by atoms with E-state index in [0.717, 1.165) is 148 Å². The Morgan fingerprint density at radius 1 is 0.588 bits per heavy atom. The molecular formula is C59H104LiO19P. The summed E-state index contributed by atoms with van der Waals surface area (Å²) < 4.78 is 49.6. The van der Waals surface area contributed by atoms with Crippen LogP contribution in [0.1, 0.15) is 209 Å². The molecule has 2 saturated heterocycles. The third kappa shape index (κ3) is 36.6. The number of aliphatic hydroxyl groups is 1. The second-order valence-corrected chi connectivity index (χ2v) is 22.6. The van der Waals surface area contributed by atoms with Crippen molar-refractivity contribution in [1.82, 2.24) is 0 Å². The van der Waals surface area contributed by atoms with Crippen LogP contribution in [0.3, 0.4) is 0 Å². The van der Waals surface area contributed by atoms with E-state index in [9.17, 15) is 33.6 Å². The van der Waals surface area contributed by atoms with Crippen LogP contribution in [0.4, 0.5) is 0 Å². The Balaban J connectivity index is -0.00000118. The summed E-state index contributed by atoms with van der Waals surface area (Å²) in [4.78, 5) is 95.4. The first-order chi connectivity index (χ1) is 38.2. The molecule has 0 spiro atoms. The average Bonchev–Trinajstić information content (AvgIpc) is 3.94. The van der Waals surface area contributed by atoms with Crippen molar-refractivity contribution in [1.29, 1.82) is 0 Å². The molecule has 1 N–H and O–H groups in total. The van der Waals surface area contributed by atoms with Crippen molar-refractivity contribution in [2.75, 3.05) is 54.5 Å². The molecule has 2 aliphatic carbocycles. The predicted molar refractivity (Wildman–Crippen MR) is 305 cm³/mol. The maximum absolute atomic E-state index is 12.5. The summed E-state index contributed by atoms with van der Waals surface area (Å²) in [5.41, 5.74) is 0. The second kappa shape index (κ2) is 51.6. The van der Waals surface area contributed by atoms with Gasteiger partial charge in [-0.2, -0.15) is 0 Å². The third-order valence-corrected chi connectivity index (χ3v) is 16.0. The van der Waals surface area contributed by atoms with Crippen LogP contribution in [-0.2, 0) is 76.0 Å². The van der Waals surface area contributed by atoms with Crippen LogP contribution in [0.15, 0.2) is 12.2 Å². The number of carbonyl (C=O) groups excluding carboxylic acids is 7. The molecule has 2 saturated carbocycles. The van der Waals surface area contributed by atoms with Crippen LogP contribution in [0.2, 0.25) is 0 Å². The van der Waals surface area contributed by atoms with Gasteiger partial charge >= 0.3 is 42.7 Å². The minimum Gasteiger partial charge on any atom is -1.00 e. The number of ketones is 2. The Kier molecular flexibility index (Phi) is 51.0. The fraction of sp³-hybridized carbons (Fsp3) is 0.847. The summed E-state index contributed by atoms with van der Waals surface area (Å²) >= 11 is 0. The second-order valence-electron chi connectivity index (χ2n) is 20.6. The van der Waals surface area contributed by atoms with E-state index < -0.39 is 8.15 Å². The first-order valence-corrected chi connectivity index (χ1v) is 31.2. The number of methoxy groups -OCH3 is 2. The summed E-state index contributed by atoms with van der Waals surface area (Å²) in [6, 6.07) is 0. The van der Waals surface area contributed by atoms with Crippen molar-refractivity contribution < 1.29 is 101 Å². The molecule has 0 aromatic rings. The van der Waals surface area contributed by atoms with E-state index in [4.69, 9.17) is 52.7 Å². The minimum atomic E-state index is -0.488. The predicted octanol–water partition coefficient (Wildman–Crippen LogP) is 8.46. The van der Waals surface area contributed by atoms with Crippen LogP contribution in [0.5, 0.6) is 0 Å². The Labute approximate surface area is 493 Å². The standard InChI is InChI=1S/C28H46O7.C21H34O7.C9H19O2P.CH4O.Li.O2.H/c1-4-5-8-13-22(30)17-18-24-23(14-9-6-7-10-15-27(31)32-3)25(34-21(2)29)20-26(24)35-28-16-11-12-19-33-28;1-15(23)27-18-13-19(28-21-11-7-8-12-26-21)17(14-22)16(18)9-5-3-4-6-10-20(24)25-2;1-4-5-6-7-9(10)8-12(3)11-2;1-2;;1-2;/h17-18,23-26,28H,4-16,19-20H2,1-3H3;14,16-19,21H,3-13H2,1-2H3;4-8H2,1-3H3;2H,1H3;;;/q;;;;+1;;-1/b18-17+;;;;;;/t23-,24-,25+,26-,28?;16-,17-,18+,19-,21?;;;;;/m11...../s1. The minimum absolute atomic E-state index is 0. The summed E-state index contributed by atoms with van der Waals surface area (Å²) in [5.74, 6) is -0.699. The zero-order valence-electron chi connectivity index (χ0n) is 51.7. The van der Waals surface area contributed by atoms with E-state index in [1.54, 1.807) is 13.2 Å². The molecule has 0 aromatic heterocycles. The van der Waals surface area contributed by atoms with Gasteiger partial charge in [0.2, 0.25) is 0 Å². The molecule has 0 aromatic carbocycles. The number of unbranched alkanes of at least 4 members (excludes halogenated alkanes) is 10. The number of rotatable bonds is 34. The molecule has 4 aliphatic rings. The molecule has 21 heteroatoms. The molecule has 4 fully saturated rings. The Morgan fingerprint density at radius 2 is 1.01 bits per heavy atom. The molecular weight excluding hydrogens is 1050 g/mol. The Hall–Kier alpha value is -2.98. The molecule has 0 amide bonds. The van der Waals surface area contributed by atoms with Crippen molar-refractivity contribution >= 4 is 49.9 Å². The number of carbonyl (C=O) groups is 7. The number of Topliss-reactive ketones (excluding diaryl/α,β-unsaturated/α-hetero) is 1. The van der Waals surface area contributed by atoms with E-state index in [-0.39, 0.29) is 111 Å². The van der Waals surface area contributed by atoms with Gasteiger partial charge in [-0.05, 0) is 89.8 Å². The average molecular weight is 1160 g/mol. The van der Waals surface area contributed by atoms with E-state index in [1.807, 2.05) is 12.7 Å². The van der Waals surface area contributed by atoms with Gasteiger partial charge in [0, 0.05) is 122 Å². The normalized spacial score (nSPS) is 24.2. The number of esters is 4. The summed E-state index contributed by atoms with van der Waals surface area (Å²) in [5, 5.41) is 7.00. The maximum atomic E-state index is 12.5. The van der Waals surface area contributed by atoms with E-state index >= 15 is 0 Å². The molecule has 19 nitrogen and oxygen atoms in total. The SMILES string of the molecule is CCCCCC(=O)/C=C/[C@@H]1[C@@H](CCCCCCC(=O)OC)[C@@H](OC(C)=O)C[C@H]1OC1CCCCO1.CCCCCC(=O)CP(C)OC.CO.COC(=O)CCCCCC[C@@H]1[C@@H](C=O)[C@H](OC2CCCCO2)C[C@@H]1OC(C)=O.O=O.[H-].[Li+]. The maximum Gasteiger partial charge on any atom is 1.00 e. The van der Waals surface area contributed by atoms with Crippen LogP contribution in [-0.4, -0.2) is 138 Å². The van der Waals surface area contributed by atoms with Crippen LogP contribution >= 0.6 is 8.15 Å². The number of aldehydes is 1. The number of hydrogen-bond donors (Lipinski definition) is 1. The number of allylic oxidation sites excluding steroid dienone is 1. The van der Waals surface area contributed by atoms with E-state index in [0.29, 0.717) is 57.3 Å². The van der Waals surface area contributed by atoms with Gasteiger partial charge in [0.1, 0.15) is 24.3 Å². The van der Waals surface area contributed by atoms with E-state index in [2.05, 4.69) is 18.6 Å². The van der Waals surface area contributed by atoms with Crippen molar-refractivity contribution in [3.05, 3.63) is 22.1 Å². The van der Waals surface area contributed by atoms with Crippen LogP contribution < -0.4 is 18.9 Å². The van der Waals surface area contributed by atoms with Gasteiger partial charge in [-0.1, -0.05) is 84.1 Å². The van der Waals surface area contributed by atoms with Gasteiger partial charge in [0.15, 0.2) is 18.4 Å². The molecule has 460 valence electrons. The summed E-state index contributed by atoms with van der Waals surface area (Å²) in [6.07, 6.45) is 28.6. The monoisotopic (exact) mass is 1150 g/mol. The molecule has 2 aliphatic heterocycles. The van der Waals surface area contributed by atoms with Crippen LogP contribution in [0.25, 0.3) is 0 Å². The van der Waals surface area contributed by atoms with Gasteiger partial charge in [-0.25, -0.2) is 0 Å². The van der Waals surface area contributed by atoms with E-state index in [1.165, 1.54) is 40.9 Å². The fourth-order valence-corrected chi connectivity index (χ4v) is 11.2. The van der Waals surface area contributed by atoms with Gasteiger partial charge in [-0.15, -0.1) is 0 Å². The molecule has 80 heavy (non-hydrogen) atoms. The smallest absolute Gasteiger partial charge is 1.00 e. The van der Waals surface area contributed by atoms with Crippen molar-refractivity contribution in [2.24, 2.45) is 23.7 Å². The Bertz CT molecular complexity index is 1670. The molecule has 2 heterocycles. The first kappa shape index (κ1) is 79.1. The fourth-order valence-electron chi connectivity index (χ4n) is 10.4. The topological polar surface area (TPSA) is 257 Å². The Morgan fingerprint density at radius 3 is 1.41 bits per heavy atom. The molecule has 0 bridgehead atoms. The number of ether oxygens (including phenoxy) is 8. The zero-order chi connectivity index (χ0) is 59.2. The molecule has 0 radical (unpaired) electrons. The quantitative estimate of drug-likeness (QED) is 0.0120. The zero-order valence-corrected chi connectivity index (χ0v) is 51.6. The van der Waals surface area contributed by atoms with Gasteiger partial charge in [-0.3, -0.25) is 28.8 Å². The summed E-state index contributed by atoms with van der Waals surface area (Å²) in [6.45, 7) is 10.5. The number of hydrogen-bond acceptors (Lipinski definition) is 19. The van der Waals surface area contributed by atoms with Gasteiger partial charge in [0.05, 0.1) is 32.6 Å². The third-order valence-electron chi connectivity index (χ3n) is 14.5. The van der Waals surface area contributed by atoms with Crippen LogP contribution in [0, 0.1) is 33.6 Å². The largest absolute Gasteiger partial charge is 1.00 e. The summed E-state index contributed by atoms with van der Waals surface area (Å²) in [7, 11) is 4.99. The number of aliphatic hydroxyl groups excluding tert-OH is 1. The molecule has 4 rings (SSSR count). The van der Waals surface area contributed by atoms with Crippen molar-refractivity contribution in [3.63, 3.8) is 0 Å². The first-order valence-electron chi connectivity index (χ1n) is 29.3. The van der Waals surface area contributed by atoms with Gasteiger partial charge < -0.3 is 53.7 Å². The van der Waals surface area contributed by atoms with Gasteiger partial charge in [0.25, 0.3) is 0 Å². The van der Waals surface area contributed by atoms with Crippen molar-refractivity contribution in [3.8, 4) is 0 Å². The molecule has 3 unspecified atom stereocenters.